The predicted molar refractivity (Wildman–Crippen MR) is 124 cm³/mol. The minimum Gasteiger partial charge on any atom is -0.385 e. The van der Waals surface area contributed by atoms with Crippen LogP contribution in [0.15, 0.2) is 35.3 Å². The lowest BCUT2D eigenvalue weighted by Crippen LogP contribution is -2.51. The first-order chi connectivity index (χ1) is 15.1. The van der Waals surface area contributed by atoms with E-state index in [1.54, 1.807) is 7.11 Å². The molecule has 0 radical (unpaired) electrons. The maximum absolute atomic E-state index is 5.17. The van der Waals surface area contributed by atoms with Gasteiger partial charge < -0.3 is 19.9 Å². The van der Waals surface area contributed by atoms with Crippen LogP contribution in [0.5, 0.6) is 0 Å². The van der Waals surface area contributed by atoms with Gasteiger partial charge in [0, 0.05) is 52.5 Å². The van der Waals surface area contributed by atoms with Gasteiger partial charge in [-0.3, -0.25) is 4.90 Å². The number of hydrogen-bond donors (Lipinski definition) is 2. The molecule has 2 atom stereocenters. The van der Waals surface area contributed by atoms with E-state index in [0.29, 0.717) is 18.6 Å². The van der Waals surface area contributed by atoms with Crippen LogP contribution in [0.2, 0.25) is 0 Å². The van der Waals surface area contributed by atoms with Gasteiger partial charge in [0.2, 0.25) is 0 Å². The molecular formula is C23H37N7O. The second kappa shape index (κ2) is 11.8. The normalized spacial score (nSPS) is 20.1. The molecule has 1 aliphatic rings. The van der Waals surface area contributed by atoms with Gasteiger partial charge in [-0.15, -0.1) is 10.2 Å². The fourth-order valence-corrected chi connectivity index (χ4v) is 3.91. The zero-order chi connectivity index (χ0) is 22.1. The highest BCUT2D eigenvalue weighted by atomic mass is 16.5. The van der Waals surface area contributed by atoms with Gasteiger partial charge in [0.05, 0.1) is 0 Å². The monoisotopic (exact) mass is 427 g/mol. The van der Waals surface area contributed by atoms with E-state index in [9.17, 15) is 0 Å². The maximum atomic E-state index is 5.17. The summed E-state index contributed by atoms with van der Waals surface area (Å²) < 4.78 is 7.15. The number of rotatable bonds is 9. The lowest BCUT2D eigenvalue weighted by atomic mass is 9.97. The maximum Gasteiger partial charge on any atom is 0.191 e. The molecule has 2 heterocycles. The van der Waals surface area contributed by atoms with Crippen molar-refractivity contribution in [2.75, 3.05) is 26.8 Å². The van der Waals surface area contributed by atoms with Crippen molar-refractivity contribution in [1.82, 2.24) is 30.3 Å². The van der Waals surface area contributed by atoms with Crippen molar-refractivity contribution in [3.63, 3.8) is 0 Å². The standard InChI is InChI=1S/C23H37N7O/c1-18-15-21(11-13-30(18)17-20-9-6-5-7-10-20)26-23(24-12-8-14-31-4)25-16-22-28-27-19(2)29(22)3/h5-7,9-10,18,21H,8,11-17H2,1-4H3,(H2,24,25,26). The molecule has 8 nitrogen and oxygen atoms in total. The van der Waals surface area contributed by atoms with Gasteiger partial charge in [0.25, 0.3) is 0 Å². The minimum absolute atomic E-state index is 0.400. The van der Waals surface area contributed by atoms with E-state index in [0.717, 1.165) is 63.1 Å². The summed E-state index contributed by atoms with van der Waals surface area (Å²) in [5.74, 6) is 2.60. The summed E-state index contributed by atoms with van der Waals surface area (Å²) in [7, 11) is 3.71. The van der Waals surface area contributed by atoms with E-state index in [1.807, 2.05) is 18.5 Å². The number of aryl methyl sites for hydroxylation is 1. The minimum atomic E-state index is 0.400. The van der Waals surface area contributed by atoms with Crippen LogP contribution in [0.25, 0.3) is 0 Å². The number of hydrogen-bond acceptors (Lipinski definition) is 5. The number of methoxy groups -OCH3 is 1. The first-order valence-electron chi connectivity index (χ1n) is 11.2. The van der Waals surface area contributed by atoms with Gasteiger partial charge in [-0.25, -0.2) is 4.99 Å². The lowest BCUT2D eigenvalue weighted by Gasteiger charge is -2.38. The smallest absolute Gasteiger partial charge is 0.191 e. The Labute approximate surface area is 186 Å². The fourth-order valence-electron chi connectivity index (χ4n) is 3.91. The summed E-state index contributed by atoms with van der Waals surface area (Å²) >= 11 is 0. The largest absolute Gasteiger partial charge is 0.385 e. The number of benzene rings is 1. The molecule has 1 aromatic carbocycles. The number of nitrogens with one attached hydrogen (secondary N) is 2. The van der Waals surface area contributed by atoms with Crippen molar-refractivity contribution >= 4 is 5.96 Å². The van der Waals surface area contributed by atoms with Crippen molar-refractivity contribution < 1.29 is 4.74 Å². The second-order valence-corrected chi connectivity index (χ2v) is 8.33. The molecule has 2 N–H and O–H groups in total. The van der Waals surface area contributed by atoms with Crippen LogP contribution < -0.4 is 10.6 Å². The molecule has 0 bridgehead atoms. The van der Waals surface area contributed by atoms with E-state index in [1.165, 1.54) is 5.56 Å². The number of piperidine rings is 1. The highest BCUT2D eigenvalue weighted by Gasteiger charge is 2.26. The third-order valence-electron chi connectivity index (χ3n) is 5.96. The van der Waals surface area contributed by atoms with E-state index in [-0.39, 0.29) is 0 Å². The third kappa shape index (κ3) is 7.04. The van der Waals surface area contributed by atoms with Crippen LogP contribution in [0.4, 0.5) is 0 Å². The molecule has 3 rings (SSSR count). The summed E-state index contributed by atoms with van der Waals surface area (Å²) in [5.41, 5.74) is 1.38. The Morgan fingerprint density at radius 3 is 2.74 bits per heavy atom. The third-order valence-corrected chi connectivity index (χ3v) is 5.96. The van der Waals surface area contributed by atoms with Crippen LogP contribution >= 0.6 is 0 Å². The van der Waals surface area contributed by atoms with Gasteiger partial charge >= 0.3 is 0 Å². The van der Waals surface area contributed by atoms with Crippen molar-refractivity contribution in [1.29, 1.82) is 0 Å². The Kier molecular flexibility index (Phi) is 8.85. The van der Waals surface area contributed by atoms with E-state index < -0.39 is 0 Å². The molecule has 8 heteroatoms. The molecule has 31 heavy (non-hydrogen) atoms. The van der Waals surface area contributed by atoms with Crippen LogP contribution in [0.3, 0.4) is 0 Å². The fraction of sp³-hybridized carbons (Fsp3) is 0.609. The first-order valence-corrected chi connectivity index (χ1v) is 11.2. The summed E-state index contributed by atoms with van der Waals surface area (Å²) in [4.78, 5) is 7.36. The van der Waals surface area contributed by atoms with Gasteiger partial charge in [-0.2, -0.15) is 0 Å². The number of likely N-dealkylation sites (tertiary alicyclic amines) is 1. The molecule has 1 saturated heterocycles. The SMILES string of the molecule is COCCCNC(=NCc1nnc(C)n1C)NC1CCN(Cc2ccccc2)C(C)C1. The molecule has 2 aromatic rings. The Balaban J connectivity index is 1.56. The molecule has 1 aromatic heterocycles. The number of aliphatic imine (C=N–C) groups is 1. The Morgan fingerprint density at radius 2 is 2.06 bits per heavy atom. The zero-order valence-corrected chi connectivity index (χ0v) is 19.3. The topological polar surface area (TPSA) is 79.6 Å². The van der Waals surface area contributed by atoms with E-state index in [2.05, 4.69) is 63.0 Å². The highest BCUT2D eigenvalue weighted by molar-refractivity contribution is 5.80. The molecular weight excluding hydrogens is 390 g/mol. The quantitative estimate of drug-likeness (QED) is 0.363. The zero-order valence-electron chi connectivity index (χ0n) is 19.3. The number of nitrogens with zero attached hydrogens (tertiary/aromatic N) is 5. The van der Waals surface area contributed by atoms with Crippen molar-refractivity contribution in [2.24, 2.45) is 12.0 Å². The number of aromatic nitrogens is 3. The predicted octanol–water partition coefficient (Wildman–Crippen LogP) is 2.25. The summed E-state index contributed by atoms with van der Waals surface area (Å²) in [6.07, 6.45) is 3.12. The average Bonchev–Trinajstić information content (AvgIpc) is 3.09. The molecule has 2 unspecified atom stereocenters. The molecule has 1 fully saturated rings. The summed E-state index contributed by atoms with van der Waals surface area (Å²) in [6.45, 7) is 8.41. The molecule has 1 aliphatic heterocycles. The van der Waals surface area contributed by atoms with Gasteiger partial charge in [0.1, 0.15) is 12.4 Å². The lowest BCUT2D eigenvalue weighted by molar-refractivity contribution is 0.134. The number of ether oxygens (including phenoxy) is 1. The van der Waals surface area contributed by atoms with Crippen LogP contribution in [-0.2, 0) is 24.9 Å². The first kappa shape index (κ1) is 23.2. The Bertz CT molecular complexity index is 821. The van der Waals surface area contributed by atoms with Gasteiger partial charge in [0.15, 0.2) is 11.8 Å². The van der Waals surface area contributed by atoms with Crippen molar-refractivity contribution in [2.45, 2.75) is 58.3 Å². The molecule has 0 spiro atoms. The molecule has 170 valence electrons. The second-order valence-electron chi connectivity index (χ2n) is 8.33. The molecule has 0 saturated carbocycles. The van der Waals surface area contributed by atoms with Crippen LogP contribution in [0, 0.1) is 6.92 Å². The highest BCUT2D eigenvalue weighted by Crippen LogP contribution is 2.20. The van der Waals surface area contributed by atoms with E-state index >= 15 is 0 Å². The molecule has 0 amide bonds. The summed E-state index contributed by atoms with van der Waals surface area (Å²) in [6, 6.07) is 11.6. The summed E-state index contributed by atoms with van der Waals surface area (Å²) in [5, 5.41) is 15.5. The van der Waals surface area contributed by atoms with Gasteiger partial charge in [-0.05, 0) is 38.7 Å². The van der Waals surface area contributed by atoms with Crippen molar-refractivity contribution in [3.05, 3.63) is 47.5 Å². The number of guanidine groups is 1. The molecule has 0 aliphatic carbocycles. The van der Waals surface area contributed by atoms with E-state index in [4.69, 9.17) is 9.73 Å². The van der Waals surface area contributed by atoms with Gasteiger partial charge in [-0.1, -0.05) is 30.3 Å². The Hall–Kier alpha value is -2.45. The van der Waals surface area contributed by atoms with Crippen LogP contribution in [-0.4, -0.2) is 64.5 Å². The van der Waals surface area contributed by atoms with Crippen LogP contribution in [0.1, 0.15) is 43.4 Å². The van der Waals surface area contributed by atoms with Crippen molar-refractivity contribution in [3.8, 4) is 0 Å². The Morgan fingerprint density at radius 1 is 1.26 bits per heavy atom. The average molecular weight is 428 g/mol.